The lowest BCUT2D eigenvalue weighted by atomic mass is 9.96. The lowest BCUT2D eigenvalue weighted by molar-refractivity contribution is -0.122. The van der Waals surface area contributed by atoms with Crippen LogP contribution in [0.1, 0.15) is 26.2 Å². The Morgan fingerprint density at radius 3 is 2.54 bits per heavy atom. The molecular weight excluding hydrogens is 350 g/mol. The third-order valence-electron chi connectivity index (χ3n) is 5.00. The van der Waals surface area contributed by atoms with E-state index in [0.29, 0.717) is 12.5 Å². The fourth-order valence-electron chi connectivity index (χ4n) is 3.14. The Morgan fingerprint density at radius 2 is 1.88 bits per heavy atom. The van der Waals surface area contributed by atoms with Crippen LogP contribution in [0.15, 0.2) is 47.4 Å². The first kappa shape index (κ1) is 18.8. The van der Waals surface area contributed by atoms with E-state index >= 15 is 0 Å². The monoisotopic (exact) mass is 375 g/mol. The first-order valence-corrected chi connectivity index (χ1v) is 10.3. The standard InChI is InChI=1S/C19H25N3O3S/c1-19(13-20,16-7-8-16)22-18(23)10-11-21-26(24,25)17-9-6-14-4-2-3-5-15(14)12-17/h2-6,9,12,16,21H,7-8,10-11,13,20H2,1H3,(H,22,23). The number of fused-ring (bicyclic) bond motifs is 1. The smallest absolute Gasteiger partial charge is 0.240 e. The Bertz CT molecular complexity index is 909. The Balaban J connectivity index is 1.58. The molecule has 0 saturated heterocycles. The third-order valence-corrected chi connectivity index (χ3v) is 6.46. The van der Waals surface area contributed by atoms with Crippen LogP contribution in [0.5, 0.6) is 0 Å². The molecule has 0 radical (unpaired) electrons. The summed E-state index contributed by atoms with van der Waals surface area (Å²) in [6.45, 7) is 2.38. The van der Waals surface area contributed by atoms with Crippen molar-refractivity contribution in [3.8, 4) is 0 Å². The van der Waals surface area contributed by atoms with Gasteiger partial charge in [-0.15, -0.1) is 0 Å². The molecule has 6 nitrogen and oxygen atoms in total. The molecule has 1 saturated carbocycles. The van der Waals surface area contributed by atoms with Crippen molar-refractivity contribution < 1.29 is 13.2 Å². The summed E-state index contributed by atoms with van der Waals surface area (Å²) >= 11 is 0. The van der Waals surface area contributed by atoms with Gasteiger partial charge in [0.15, 0.2) is 0 Å². The molecule has 4 N–H and O–H groups in total. The molecule has 3 rings (SSSR count). The summed E-state index contributed by atoms with van der Waals surface area (Å²) in [6.07, 6.45) is 2.22. The van der Waals surface area contributed by atoms with Crippen LogP contribution in [-0.2, 0) is 14.8 Å². The molecule has 2 aromatic rings. The van der Waals surface area contributed by atoms with E-state index in [0.717, 1.165) is 23.6 Å². The van der Waals surface area contributed by atoms with Crippen LogP contribution < -0.4 is 15.8 Å². The molecule has 1 aliphatic rings. The van der Waals surface area contributed by atoms with E-state index in [9.17, 15) is 13.2 Å². The highest BCUT2D eigenvalue weighted by atomic mass is 32.2. The van der Waals surface area contributed by atoms with Gasteiger partial charge in [-0.2, -0.15) is 0 Å². The average Bonchev–Trinajstić information content (AvgIpc) is 3.46. The Labute approximate surface area is 154 Å². The molecule has 1 amide bonds. The minimum atomic E-state index is -3.66. The number of rotatable bonds is 8. The average molecular weight is 375 g/mol. The van der Waals surface area contributed by atoms with E-state index in [4.69, 9.17) is 5.73 Å². The SMILES string of the molecule is CC(CN)(NC(=O)CCNS(=O)(=O)c1ccc2ccccc2c1)C1CC1. The lowest BCUT2D eigenvalue weighted by Gasteiger charge is -2.29. The number of sulfonamides is 1. The van der Waals surface area contributed by atoms with Crippen molar-refractivity contribution in [3.63, 3.8) is 0 Å². The Hall–Kier alpha value is -1.96. The van der Waals surface area contributed by atoms with Crippen molar-refractivity contribution in [2.45, 2.75) is 36.6 Å². The molecular formula is C19H25N3O3S. The maximum Gasteiger partial charge on any atom is 0.240 e. The summed E-state index contributed by atoms with van der Waals surface area (Å²) in [4.78, 5) is 12.3. The van der Waals surface area contributed by atoms with Gasteiger partial charge in [0, 0.05) is 19.5 Å². The van der Waals surface area contributed by atoms with Gasteiger partial charge >= 0.3 is 0 Å². The fraction of sp³-hybridized carbons (Fsp3) is 0.421. The number of benzene rings is 2. The molecule has 2 aromatic carbocycles. The number of nitrogens with one attached hydrogen (secondary N) is 2. The highest BCUT2D eigenvalue weighted by Gasteiger charge is 2.41. The van der Waals surface area contributed by atoms with Gasteiger partial charge in [0.1, 0.15) is 0 Å². The molecule has 0 aromatic heterocycles. The van der Waals surface area contributed by atoms with Crippen molar-refractivity contribution in [2.75, 3.05) is 13.1 Å². The second-order valence-electron chi connectivity index (χ2n) is 7.10. The molecule has 0 aliphatic heterocycles. The zero-order valence-electron chi connectivity index (χ0n) is 14.9. The highest BCUT2D eigenvalue weighted by molar-refractivity contribution is 7.89. The zero-order valence-corrected chi connectivity index (χ0v) is 15.7. The number of carbonyl (C=O) groups excluding carboxylic acids is 1. The highest BCUT2D eigenvalue weighted by Crippen LogP contribution is 2.38. The lowest BCUT2D eigenvalue weighted by Crippen LogP contribution is -2.53. The van der Waals surface area contributed by atoms with E-state index in [1.165, 1.54) is 0 Å². The summed E-state index contributed by atoms with van der Waals surface area (Å²) in [5.41, 5.74) is 5.39. The minimum absolute atomic E-state index is 0.0479. The predicted molar refractivity (Wildman–Crippen MR) is 102 cm³/mol. The number of hydrogen-bond acceptors (Lipinski definition) is 4. The minimum Gasteiger partial charge on any atom is -0.349 e. The quantitative estimate of drug-likeness (QED) is 0.654. The van der Waals surface area contributed by atoms with Gasteiger partial charge in [0.25, 0.3) is 0 Å². The second-order valence-corrected chi connectivity index (χ2v) is 8.87. The van der Waals surface area contributed by atoms with Crippen LogP contribution in [0, 0.1) is 5.92 Å². The maximum atomic E-state index is 12.5. The predicted octanol–water partition coefficient (Wildman–Crippen LogP) is 1.75. The number of amides is 1. The van der Waals surface area contributed by atoms with Crippen molar-refractivity contribution in [1.82, 2.24) is 10.0 Å². The number of nitrogens with two attached hydrogens (primary N) is 1. The topological polar surface area (TPSA) is 101 Å². The number of carbonyl (C=O) groups is 1. The van der Waals surface area contributed by atoms with E-state index < -0.39 is 15.6 Å². The third kappa shape index (κ3) is 4.23. The van der Waals surface area contributed by atoms with E-state index in [-0.39, 0.29) is 23.8 Å². The molecule has 7 heteroatoms. The molecule has 1 aliphatic carbocycles. The normalized spacial score (nSPS) is 17.0. The van der Waals surface area contributed by atoms with Gasteiger partial charge in [0.2, 0.25) is 15.9 Å². The molecule has 1 fully saturated rings. The van der Waals surface area contributed by atoms with Gasteiger partial charge in [-0.3, -0.25) is 4.79 Å². The van der Waals surface area contributed by atoms with E-state index in [1.54, 1.807) is 18.2 Å². The van der Waals surface area contributed by atoms with Crippen molar-refractivity contribution in [2.24, 2.45) is 11.7 Å². The van der Waals surface area contributed by atoms with Gasteiger partial charge < -0.3 is 11.1 Å². The van der Waals surface area contributed by atoms with Crippen molar-refractivity contribution >= 4 is 26.7 Å². The zero-order chi connectivity index (χ0) is 18.8. The molecule has 1 atom stereocenters. The van der Waals surface area contributed by atoms with Crippen LogP contribution in [0.3, 0.4) is 0 Å². The van der Waals surface area contributed by atoms with Crippen LogP contribution in [-0.4, -0.2) is 33.0 Å². The first-order chi connectivity index (χ1) is 12.3. The van der Waals surface area contributed by atoms with Crippen LogP contribution >= 0.6 is 0 Å². The van der Waals surface area contributed by atoms with E-state index in [2.05, 4.69) is 10.0 Å². The van der Waals surface area contributed by atoms with Gasteiger partial charge in [-0.25, -0.2) is 13.1 Å². The fourth-order valence-corrected chi connectivity index (χ4v) is 4.20. The Morgan fingerprint density at radius 1 is 1.19 bits per heavy atom. The van der Waals surface area contributed by atoms with E-state index in [1.807, 2.05) is 31.2 Å². The second kappa shape index (κ2) is 7.34. The molecule has 1 unspecified atom stereocenters. The maximum absolute atomic E-state index is 12.5. The number of hydrogen-bond donors (Lipinski definition) is 3. The van der Waals surface area contributed by atoms with Crippen LogP contribution in [0.4, 0.5) is 0 Å². The van der Waals surface area contributed by atoms with Gasteiger partial charge in [-0.05, 0) is 48.6 Å². The molecule has 0 heterocycles. The summed E-state index contributed by atoms with van der Waals surface area (Å²) < 4.78 is 27.4. The summed E-state index contributed by atoms with van der Waals surface area (Å²) in [5, 5.41) is 4.79. The largest absolute Gasteiger partial charge is 0.349 e. The molecule has 140 valence electrons. The van der Waals surface area contributed by atoms with Crippen LogP contribution in [0.2, 0.25) is 0 Å². The summed E-state index contributed by atoms with van der Waals surface area (Å²) in [7, 11) is -3.66. The summed E-state index contributed by atoms with van der Waals surface area (Å²) in [6, 6.07) is 12.6. The Kier molecular flexibility index (Phi) is 5.32. The molecule has 0 spiro atoms. The van der Waals surface area contributed by atoms with Crippen molar-refractivity contribution in [1.29, 1.82) is 0 Å². The first-order valence-electron chi connectivity index (χ1n) is 8.84. The van der Waals surface area contributed by atoms with Crippen molar-refractivity contribution in [3.05, 3.63) is 42.5 Å². The van der Waals surface area contributed by atoms with Crippen LogP contribution in [0.25, 0.3) is 10.8 Å². The van der Waals surface area contributed by atoms with Gasteiger partial charge in [-0.1, -0.05) is 30.3 Å². The molecule has 0 bridgehead atoms. The molecule has 26 heavy (non-hydrogen) atoms. The summed E-state index contributed by atoms with van der Waals surface area (Å²) in [5.74, 6) is 0.233. The van der Waals surface area contributed by atoms with Gasteiger partial charge in [0.05, 0.1) is 10.4 Å².